The summed E-state index contributed by atoms with van der Waals surface area (Å²) in [6.45, 7) is 0. The largest absolute Gasteiger partial charge is 0.0844 e. The second-order valence-corrected chi connectivity index (χ2v) is 3.15. The molecule has 0 nitrogen and oxygen atoms in total. The van der Waals surface area contributed by atoms with Gasteiger partial charge in [-0.2, -0.15) is 0 Å². The average Bonchev–Trinajstić information content (AvgIpc) is 2.22. The van der Waals surface area contributed by atoms with Crippen LogP contribution < -0.4 is 0 Å². The van der Waals surface area contributed by atoms with Gasteiger partial charge in [0.25, 0.3) is 0 Å². The number of hydrogen-bond acceptors (Lipinski definition) is 0. The molecule has 0 aromatic carbocycles. The van der Waals surface area contributed by atoms with Crippen molar-refractivity contribution in [1.29, 1.82) is 0 Å². The van der Waals surface area contributed by atoms with Crippen molar-refractivity contribution >= 4 is 0 Å². The topological polar surface area (TPSA) is 0 Å². The van der Waals surface area contributed by atoms with Gasteiger partial charge in [-0.1, -0.05) is 54.7 Å². The fraction of sp³-hybridized carbons (Fsp3) is 0.286. The van der Waals surface area contributed by atoms with Crippen LogP contribution in [0.3, 0.4) is 0 Å². The van der Waals surface area contributed by atoms with Crippen molar-refractivity contribution in [2.75, 3.05) is 0 Å². The van der Waals surface area contributed by atoms with Crippen molar-refractivity contribution in [3.8, 4) is 0 Å². The van der Waals surface area contributed by atoms with E-state index in [4.69, 9.17) is 0 Å². The lowest BCUT2D eigenvalue weighted by Crippen LogP contribution is -1.66. The van der Waals surface area contributed by atoms with E-state index in [1.807, 2.05) is 6.08 Å². The molecular weight excluding hydrogens is 168 g/mol. The normalized spacial score (nSPS) is 18.3. The van der Waals surface area contributed by atoms with E-state index in [-0.39, 0.29) is 0 Å². The Morgan fingerprint density at radius 2 is 1.50 bits per heavy atom. The van der Waals surface area contributed by atoms with E-state index in [9.17, 15) is 0 Å². The molecule has 0 atom stereocenters. The first-order valence-electron chi connectivity index (χ1n) is 5.19. The van der Waals surface area contributed by atoms with Crippen molar-refractivity contribution in [3.05, 3.63) is 60.8 Å². The summed E-state index contributed by atoms with van der Waals surface area (Å²) in [6, 6.07) is 0. The lowest BCUT2D eigenvalue weighted by atomic mass is 10.2. The molecule has 0 bridgehead atoms. The van der Waals surface area contributed by atoms with Gasteiger partial charge in [0.1, 0.15) is 0 Å². The van der Waals surface area contributed by atoms with Crippen molar-refractivity contribution in [3.63, 3.8) is 0 Å². The van der Waals surface area contributed by atoms with E-state index in [2.05, 4.69) is 54.7 Å². The predicted molar refractivity (Wildman–Crippen MR) is 62.8 cm³/mol. The van der Waals surface area contributed by atoms with Gasteiger partial charge in [-0.15, -0.1) is 0 Å². The maximum atomic E-state index is 3.14. The number of hydrogen-bond donors (Lipinski definition) is 0. The van der Waals surface area contributed by atoms with Crippen LogP contribution in [0.5, 0.6) is 0 Å². The Morgan fingerprint density at radius 1 is 0.714 bits per heavy atom. The monoisotopic (exact) mass is 185 g/mol. The zero-order chi connectivity index (χ0) is 9.90. The molecule has 0 amide bonds. The molecule has 1 aliphatic rings. The zero-order valence-corrected chi connectivity index (χ0v) is 8.52. The molecule has 73 valence electrons. The maximum absolute atomic E-state index is 3.14. The Morgan fingerprint density at radius 3 is 2.50 bits per heavy atom. The minimum atomic E-state index is 0.980. The van der Waals surface area contributed by atoms with Crippen LogP contribution in [0, 0.1) is 6.08 Å². The Bertz CT molecular complexity index is 234. The molecule has 0 saturated heterocycles. The lowest BCUT2D eigenvalue weighted by Gasteiger charge is -1.86. The van der Waals surface area contributed by atoms with Crippen molar-refractivity contribution in [2.45, 2.75) is 25.7 Å². The molecule has 0 unspecified atom stereocenters. The van der Waals surface area contributed by atoms with Gasteiger partial charge in [0.05, 0.1) is 0 Å². The van der Waals surface area contributed by atoms with E-state index in [1.165, 1.54) is 0 Å². The molecule has 0 aromatic heterocycles. The Kier molecular flexibility index (Phi) is 6.39. The Balaban J connectivity index is 2.45. The van der Waals surface area contributed by atoms with Gasteiger partial charge in [-0.05, 0) is 31.8 Å². The molecular formula is C14H17. The van der Waals surface area contributed by atoms with Crippen molar-refractivity contribution in [2.24, 2.45) is 0 Å². The van der Waals surface area contributed by atoms with Gasteiger partial charge < -0.3 is 0 Å². The van der Waals surface area contributed by atoms with Crippen LogP contribution in [0.15, 0.2) is 54.7 Å². The molecule has 0 saturated carbocycles. The van der Waals surface area contributed by atoms with E-state index >= 15 is 0 Å². The van der Waals surface area contributed by atoms with Crippen LogP contribution in [0.2, 0.25) is 0 Å². The van der Waals surface area contributed by atoms with E-state index in [0.717, 1.165) is 25.7 Å². The lowest BCUT2D eigenvalue weighted by molar-refractivity contribution is 1.05. The summed E-state index contributed by atoms with van der Waals surface area (Å²) in [4.78, 5) is 0. The summed E-state index contributed by atoms with van der Waals surface area (Å²) in [6.07, 6.45) is 26.5. The molecule has 1 rings (SSSR count). The van der Waals surface area contributed by atoms with Crippen molar-refractivity contribution in [1.82, 2.24) is 0 Å². The van der Waals surface area contributed by atoms with Crippen LogP contribution in [0.25, 0.3) is 0 Å². The highest BCUT2D eigenvalue weighted by atomic mass is 13.8. The van der Waals surface area contributed by atoms with Gasteiger partial charge in [0.15, 0.2) is 0 Å². The van der Waals surface area contributed by atoms with E-state index in [0.29, 0.717) is 0 Å². The first kappa shape index (κ1) is 10.8. The highest BCUT2D eigenvalue weighted by molar-refractivity contribution is 5.07. The van der Waals surface area contributed by atoms with E-state index < -0.39 is 0 Å². The van der Waals surface area contributed by atoms with Crippen LogP contribution in [-0.2, 0) is 0 Å². The molecule has 14 heavy (non-hydrogen) atoms. The Hall–Kier alpha value is -1.30. The molecule has 0 aliphatic heterocycles. The van der Waals surface area contributed by atoms with Crippen molar-refractivity contribution < 1.29 is 0 Å². The zero-order valence-electron chi connectivity index (χ0n) is 8.52. The molecule has 0 aromatic rings. The Labute approximate surface area is 87.0 Å². The fourth-order valence-electron chi connectivity index (χ4n) is 1.15. The smallest absolute Gasteiger partial charge is 0.0160 e. The molecule has 0 spiro atoms. The summed E-state index contributed by atoms with van der Waals surface area (Å²) in [5.74, 6) is 0. The summed E-state index contributed by atoms with van der Waals surface area (Å²) in [5, 5.41) is 0. The number of rotatable bonds is 0. The molecule has 0 heterocycles. The van der Waals surface area contributed by atoms with Crippen LogP contribution in [0.1, 0.15) is 25.7 Å². The first-order valence-corrected chi connectivity index (χ1v) is 5.19. The quantitative estimate of drug-likeness (QED) is 0.497. The second kappa shape index (κ2) is 8.31. The standard InChI is InChI=1S/C14H17/c1-2-4-6-8-10-12-14-13-11-9-7-5-3-1/h1-4,7,9-10,12-13H,5-6,8,11H2. The highest BCUT2D eigenvalue weighted by Crippen LogP contribution is 1.96. The first-order chi connectivity index (χ1) is 7.00. The summed E-state index contributed by atoms with van der Waals surface area (Å²) in [5.41, 5.74) is 0. The van der Waals surface area contributed by atoms with Gasteiger partial charge in [0, 0.05) is 0 Å². The molecule has 0 fully saturated rings. The minimum absolute atomic E-state index is 0.980. The third-order valence-electron chi connectivity index (χ3n) is 1.91. The summed E-state index contributed by atoms with van der Waals surface area (Å²) < 4.78 is 0. The summed E-state index contributed by atoms with van der Waals surface area (Å²) >= 11 is 0. The van der Waals surface area contributed by atoms with Crippen LogP contribution >= 0.6 is 0 Å². The predicted octanol–water partition coefficient (Wildman–Crippen LogP) is 4.14. The van der Waals surface area contributed by atoms with Crippen LogP contribution in [-0.4, -0.2) is 0 Å². The number of allylic oxidation sites excluding steroid dienone is 10. The van der Waals surface area contributed by atoms with Gasteiger partial charge in [0.2, 0.25) is 0 Å². The third-order valence-corrected chi connectivity index (χ3v) is 1.91. The third kappa shape index (κ3) is 6.24. The van der Waals surface area contributed by atoms with Gasteiger partial charge >= 0.3 is 0 Å². The highest BCUT2D eigenvalue weighted by Gasteiger charge is 1.76. The second-order valence-electron chi connectivity index (χ2n) is 3.15. The van der Waals surface area contributed by atoms with E-state index in [1.54, 1.807) is 0 Å². The summed E-state index contributed by atoms with van der Waals surface area (Å²) in [7, 11) is 0. The average molecular weight is 185 g/mol. The molecule has 1 aliphatic carbocycles. The maximum Gasteiger partial charge on any atom is -0.0160 e. The fourth-order valence-corrected chi connectivity index (χ4v) is 1.15. The molecule has 1 radical (unpaired) electrons. The SMILES string of the molecule is [C]1=CCC=CCC=CC=CCCC=C1. The van der Waals surface area contributed by atoms with Gasteiger partial charge in [-0.25, -0.2) is 0 Å². The molecule has 0 heteroatoms. The molecule has 0 N–H and O–H groups in total. The van der Waals surface area contributed by atoms with Crippen LogP contribution in [0.4, 0.5) is 0 Å². The van der Waals surface area contributed by atoms with Gasteiger partial charge in [-0.3, -0.25) is 0 Å². The minimum Gasteiger partial charge on any atom is -0.0844 e.